The molecule has 0 bridgehead atoms. The average molecular weight is 335 g/mol. The number of carbonyl (C=O) groups excluding carboxylic acids is 2. The van der Waals surface area contributed by atoms with Crippen molar-refractivity contribution in [2.75, 3.05) is 6.54 Å². The zero-order valence-corrected chi connectivity index (χ0v) is 15.2. The van der Waals surface area contributed by atoms with E-state index in [-0.39, 0.29) is 30.6 Å². The fourth-order valence-electron chi connectivity index (χ4n) is 2.37. The largest absolute Gasteiger partial charge is 0.458 e. The highest BCUT2D eigenvalue weighted by atomic mass is 16.6. The highest BCUT2D eigenvalue weighted by Gasteiger charge is 2.31. The predicted molar refractivity (Wildman–Crippen MR) is 94.6 cm³/mol. The van der Waals surface area contributed by atoms with Crippen LogP contribution in [0.15, 0.2) is 37.0 Å². The molecular formula is C19H29NO4. The predicted octanol–water partition coefficient (Wildman–Crippen LogP) is 4.01. The molecule has 0 aromatic rings. The quantitative estimate of drug-likeness (QED) is 0.521. The first-order valence-electron chi connectivity index (χ1n) is 8.25. The van der Waals surface area contributed by atoms with Crippen molar-refractivity contribution in [3.05, 3.63) is 37.0 Å². The molecule has 0 unspecified atom stereocenters. The van der Waals surface area contributed by atoms with Gasteiger partial charge in [-0.05, 0) is 40.2 Å². The van der Waals surface area contributed by atoms with Gasteiger partial charge in [-0.3, -0.25) is 4.79 Å². The van der Waals surface area contributed by atoms with Gasteiger partial charge in [0.05, 0.1) is 12.5 Å². The van der Waals surface area contributed by atoms with Crippen LogP contribution >= 0.6 is 0 Å². The lowest BCUT2D eigenvalue weighted by Gasteiger charge is -2.31. The van der Waals surface area contributed by atoms with Crippen molar-refractivity contribution in [2.45, 2.75) is 64.7 Å². The summed E-state index contributed by atoms with van der Waals surface area (Å²) < 4.78 is 10.9. The van der Waals surface area contributed by atoms with Gasteiger partial charge in [0.1, 0.15) is 11.7 Å². The number of rotatable bonds is 7. The van der Waals surface area contributed by atoms with Gasteiger partial charge in [0.15, 0.2) is 0 Å². The molecule has 0 radical (unpaired) electrons. The van der Waals surface area contributed by atoms with Crippen LogP contribution in [-0.4, -0.2) is 41.3 Å². The third kappa shape index (κ3) is 7.02. The van der Waals surface area contributed by atoms with E-state index in [1.54, 1.807) is 17.9 Å². The first-order valence-corrected chi connectivity index (χ1v) is 8.25. The minimum Gasteiger partial charge on any atom is -0.458 e. The summed E-state index contributed by atoms with van der Waals surface area (Å²) in [7, 11) is 0. The van der Waals surface area contributed by atoms with Crippen LogP contribution in [-0.2, 0) is 14.3 Å². The topological polar surface area (TPSA) is 55.8 Å². The minimum atomic E-state index is -0.556. The van der Waals surface area contributed by atoms with Gasteiger partial charge in [-0.1, -0.05) is 24.3 Å². The number of hydrogen-bond acceptors (Lipinski definition) is 4. The number of amides is 1. The maximum atomic E-state index is 12.4. The molecule has 1 amide bonds. The van der Waals surface area contributed by atoms with Gasteiger partial charge in [-0.15, -0.1) is 6.58 Å². The normalized spacial score (nSPS) is 19.7. The molecule has 1 aliphatic carbocycles. The third-order valence-corrected chi connectivity index (χ3v) is 3.35. The molecule has 0 saturated heterocycles. The SMILES string of the molecule is C=CCCN(C(=O)OC(C)(C)C)[C@H]1C=C[C@@H](OC(=O)CC(=C)C)C1. The first-order chi connectivity index (χ1) is 11.1. The van der Waals surface area contributed by atoms with E-state index in [0.29, 0.717) is 19.4 Å². The monoisotopic (exact) mass is 335 g/mol. The maximum absolute atomic E-state index is 12.4. The van der Waals surface area contributed by atoms with E-state index in [1.807, 2.05) is 32.9 Å². The van der Waals surface area contributed by atoms with Gasteiger partial charge >= 0.3 is 12.1 Å². The van der Waals surface area contributed by atoms with Crippen molar-refractivity contribution in [1.29, 1.82) is 0 Å². The molecular weight excluding hydrogens is 306 g/mol. The fourth-order valence-corrected chi connectivity index (χ4v) is 2.37. The highest BCUT2D eigenvalue weighted by molar-refractivity contribution is 5.72. The molecule has 0 heterocycles. The number of nitrogens with zero attached hydrogens (tertiary/aromatic N) is 1. The average Bonchev–Trinajstić information content (AvgIpc) is 2.84. The molecule has 0 fully saturated rings. The summed E-state index contributed by atoms with van der Waals surface area (Å²) in [6.45, 7) is 15.2. The molecule has 1 aliphatic rings. The van der Waals surface area contributed by atoms with Crippen molar-refractivity contribution in [2.24, 2.45) is 0 Å². The second-order valence-electron chi connectivity index (χ2n) is 7.10. The Morgan fingerprint density at radius 2 is 2.00 bits per heavy atom. The van der Waals surface area contributed by atoms with E-state index >= 15 is 0 Å². The zero-order valence-electron chi connectivity index (χ0n) is 15.2. The van der Waals surface area contributed by atoms with Gasteiger partial charge in [-0.2, -0.15) is 0 Å². The van der Waals surface area contributed by atoms with Crippen LogP contribution in [0.4, 0.5) is 4.79 Å². The molecule has 24 heavy (non-hydrogen) atoms. The van der Waals surface area contributed by atoms with Crippen LogP contribution in [0.2, 0.25) is 0 Å². The Balaban J connectivity index is 2.67. The summed E-state index contributed by atoms with van der Waals surface area (Å²) in [6.07, 6.45) is 6.21. The third-order valence-electron chi connectivity index (χ3n) is 3.35. The number of hydrogen-bond donors (Lipinski definition) is 0. The van der Waals surface area contributed by atoms with E-state index in [1.165, 1.54) is 0 Å². The van der Waals surface area contributed by atoms with Crippen molar-refractivity contribution in [3.8, 4) is 0 Å². The summed E-state index contributed by atoms with van der Waals surface area (Å²) in [5.41, 5.74) is 0.207. The molecule has 0 aromatic carbocycles. The van der Waals surface area contributed by atoms with Crippen LogP contribution in [0.25, 0.3) is 0 Å². The maximum Gasteiger partial charge on any atom is 0.410 e. The summed E-state index contributed by atoms with van der Waals surface area (Å²) in [6, 6.07) is -0.151. The number of ether oxygens (including phenoxy) is 2. The highest BCUT2D eigenvalue weighted by Crippen LogP contribution is 2.23. The smallest absolute Gasteiger partial charge is 0.410 e. The Hall–Kier alpha value is -2.04. The van der Waals surface area contributed by atoms with E-state index < -0.39 is 5.60 Å². The molecule has 5 nitrogen and oxygen atoms in total. The lowest BCUT2D eigenvalue weighted by Crippen LogP contribution is -2.43. The Labute approximate surface area is 145 Å². The van der Waals surface area contributed by atoms with E-state index in [2.05, 4.69) is 13.2 Å². The van der Waals surface area contributed by atoms with Crippen molar-refractivity contribution in [3.63, 3.8) is 0 Å². The molecule has 2 atom stereocenters. The minimum absolute atomic E-state index is 0.151. The van der Waals surface area contributed by atoms with Crippen LogP contribution in [0.5, 0.6) is 0 Å². The van der Waals surface area contributed by atoms with Gasteiger partial charge in [0, 0.05) is 13.0 Å². The van der Waals surface area contributed by atoms with Crippen LogP contribution in [0.3, 0.4) is 0 Å². The molecule has 0 aliphatic heterocycles. The Morgan fingerprint density at radius 1 is 1.33 bits per heavy atom. The van der Waals surface area contributed by atoms with Gasteiger partial charge < -0.3 is 14.4 Å². The van der Waals surface area contributed by atoms with Crippen molar-refractivity contribution < 1.29 is 19.1 Å². The Morgan fingerprint density at radius 3 is 2.54 bits per heavy atom. The van der Waals surface area contributed by atoms with E-state index in [4.69, 9.17) is 9.47 Å². The second kappa shape index (κ2) is 8.71. The lowest BCUT2D eigenvalue weighted by atomic mass is 10.2. The Bertz CT molecular complexity index is 516. The van der Waals surface area contributed by atoms with Gasteiger partial charge in [0.2, 0.25) is 0 Å². The molecule has 0 saturated carbocycles. The summed E-state index contributed by atoms with van der Waals surface area (Å²) >= 11 is 0. The van der Waals surface area contributed by atoms with Gasteiger partial charge in [0.25, 0.3) is 0 Å². The zero-order chi connectivity index (χ0) is 18.3. The molecule has 5 heteroatoms. The van der Waals surface area contributed by atoms with Crippen LogP contribution in [0.1, 0.15) is 47.0 Å². The van der Waals surface area contributed by atoms with E-state index in [9.17, 15) is 9.59 Å². The lowest BCUT2D eigenvalue weighted by molar-refractivity contribution is -0.146. The molecule has 0 spiro atoms. The van der Waals surface area contributed by atoms with Crippen molar-refractivity contribution in [1.82, 2.24) is 4.90 Å². The number of esters is 1. The molecule has 0 N–H and O–H groups in total. The van der Waals surface area contributed by atoms with Crippen LogP contribution in [0, 0.1) is 0 Å². The molecule has 0 aromatic heterocycles. The molecule has 134 valence electrons. The fraction of sp³-hybridized carbons (Fsp3) is 0.579. The van der Waals surface area contributed by atoms with E-state index in [0.717, 1.165) is 5.57 Å². The number of carbonyl (C=O) groups is 2. The van der Waals surface area contributed by atoms with Crippen molar-refractivity contribution >= 4 is 12.1 Å². The van der Waals surface area contributed by atoms with Crippen LogP contribution < -0.4 is 0 Å². The second-order valence-corrected chi connectivity index (χ2v) is 7.10. The van der Waals surface area contributed by atoms with Gasteiger partial charge in [-0.25, -0.2) is 4.79 Å². The standard InChI is InChI=1S/C19H29NO4/c1-7-8-11-20(18(22)24-19(4,5)6)15-9-10-16(13-15)23-17(21)12-14(2)3/h7,9-10,15-16H,1-2,8,11-13H2,3-6H3/t15-,16+/m0/s1. The first kappa shape index (κ1) is 20.0. The summed E-state index contributed by atoms with van der Waals surface area (Å²) in [5, 5.41) is 0. The molecule has 1 rings (SSSR count). The Kier molecular flexibility index (Phi) is 7.26. The summed E-state index contributed by atoms with van der Waals surface area (Å²) in [5.74, 6) is -0.298. The summed E-state index contributed by atoms with van der Waals surface area (Å²) in [4.78, 5) is 25.8.